The van der Waals surface area contributed by atoms with E-state index in [2.05, 4.69) is 20.8 Å². The topological polar surface area (TPSA) is 49.4 Å². The van der Waals surface area contributed by atoms with Crippen molar-refractivity contribution in [1.82, 2.24) is 0 Å². The van der Waals surface area contributed by atoms with Crippen LogP contribution in [0.4, 0.5) is 0 Å². The molecule has 18 heavy (non-hydrogen) atoms. The van der Waals surface area contributed by atoms with E-state index in [0.29, 0.717) is 6.61 Å². The molecule has 0 bridgehead atoms. The molecule has 0 aliphatic heterocycles. The lowest BCUT2D eigenvalue weighted by Crippen LogP contribution is -2.25. The van der Waals surface area contributed by atoms with E-state index in [4.69, 9.17) is 4.74 Å². The Balaban J connectivity index is 3.32. The predicted octanol–water partition coefficient (Wildman–Crippen LogP) is 1.98. The zero-order chi connectivity index (χ0) is 13.9. The lowest BCUT2D eigenvalue weighted by atomic mass is 9.84. The third-order valence-corrected chi connectivity index (χ3v) is 2.78. The Labute approximate surface area is 109 Å². The molecule has 0 unspecified atom stereocenters. The minimum absolute atomic E-state index is 0.0592. The molecule has 1 aromatic rings. The van der Waals surface area contributed by atoms with Gasteiger partial charge in [0, 0.05) is 18.0 Å². The second-order valence-corrected chi connectivity index (χ2v) is 5.52. The minimum Gasteiger partial charge on any atom is -0.550 e. The number of carbonyl (C=O) groups excluding carboxylic acids is 1. The van der Waals surface area contributed by atoms with Crippen LogP contribution in [-0.4, -0.2) is 12.6 Å². The number of rotatable bonds is 4. The first-order chi connectivity index (χ1) is 8.25. The summed E-state index contributed by atoms with van der Waals surface area (Å²) in [5, 5.41) is 10.7. The molecule has 0 amide bonds. The van der Waals surface area contributed by atoms with Crippen LogP contribution in [-0.2, 0) is 16.6 Å². The highest BCUT2D eigenvalue weighted by molar-refractivity contribution is 5.68. The van der Waals surface area contributed by atoms with Crippen molar-refractivity contribution in [1.29, 1.82) is 0 Å². The second-order valence-electron chi connectivity index (χ2n) is 5.52. The SMILES string of the molecule is CCOc1c(C)cc(CC(=O)[O-])cc1C(C)(C)C. The summed E-state index contributed by atoms with van der Waals surface area (Å²) >= 11 is 0. The molecule has 0 saturated carbocycles. The van der Waals surface area contributed by atoms with Gasteiger partial charge in [0.15, 0.2) is 0 Å². The van der Waals surface area contributed by atoms with Crippen molar-refractivity contribution in [2.75, 3.05) is 6.61 Å². The molecule has 0 aliphatic rings. The van der Waals surface area contributed by atoms with Crippen LogP contribution < -0.4 is 9.84 Å². The van der Waals surface area contributed by atoms with Gasteiger partial charge in [0.25, 0.3) is 0 Å². The summed E-state index contributed by atoms with van der Waals surface area (Å²) in [5.74, 6) is -0.189. The maximum Gasteiger partial charge on any atom is 0.125 e. The maximum atomic E-state index is 10.7. The summed E-state index contributed by atoms with van der Waals surface area (Å²) < 4.78 is 5.69. The monoisotopic (exact) mass is 249 g/mol. The summed E-state index contributed by atoms with van der Waals surface area (Å²) in [6, 6.07) is 3.77. The Kier molecular flexibility index (Phi) is 4.38. The van der Waals surface area contributed by atoms with E-state index < -0.39 is 5.97 Å². The van der Waals surface area contributed by atoms with Gasteiger partial charge in [0.05, 0.1) is 6.61 Å². The van der Waals surface area contributed by atoms with Gasteiger partial charge in [-0.05, 0) is 30.4 Å². The summed E-state index contributed by atoms with van der Waals surface area (Å²) in [7, 11) is 0. The molecule has 0 N–H and O–H groups in total. The standard InChI is InChI=1S/C15H22O3/c1-6-18-14-10(2)7-11(9-13(16)17)8-12(14)15(3,4)5/h7-8H,6,9H2,1-5H3,(H,16,17)/p-1. The summed E-state index contributed by atoms with van der Waals surface area (Å²) in [4.78, 5) is 10.7. The van der Waals surface area contributed by atoms with Crippen LogP contribution in [0, 0.1) is 6.92 Å². The van der Waals surface area contributed by atoms with E-state index >= 15 is 0 Å². The van der Waals surface area contributed by atoms with Gasteiger partial charge in [0.2, 0.25) is 0 Å². The van der Waals surface area contributed by atoms with Gasteiger partial charge >= 0.3 is 0 Å². The van der Waals surface area contributed by atoms with Crippen LogP contribution in [0.5, 0.6) is 5.75 Å². The summed E-state index contributed by atoms with van der Waals surface area (Å²) in [6.07, 6.45) is -0.0592. The molecule has 100 valence electrons. The molecule has 3 nitrogen and oxygen atoms in total. The predicted molar refractivity (Wildman–Crippen MR) is 69.8 cm³/mol. The van der Waals surface area contributed by atoms with Gasteiger partial charge in [-0.1, -0.05) is 32.9 Å². The smallest absolute Gasteiger partial charge is 0.125 e. The van der Waals surface area contributed by atoms with Gasteiger partial charge in [0.1, 0.15) is 5.75 Å². The molecule has 1 aromatic carbocycles. The van der Waals surface area contributed by atoms with Gasteiger partial charge in [-0.2, -0.15) is 0 Å². The highest BCUT2D eigenvalue weighted by atomic mass is 16.5. The number of hydrogen-bond acceptors (Lipinski definition) is 3. The van der Waals surface area contributed by atoms with Crippen molar-refractivity contribution < 1.29 is 14.6 Å². The average molecular weight is 249 g/mol. The van der Waals surface area contributed by atoms with Crippen LogP contribution in [0.15, 0.2) is 12.1 Å². The van der Waals surface area contributed by atoms with Gasteiger partial charge in [-0.25, -0.2) is 0 Å². The normalized spacial score (nSPS) is 11.4. The number of ether oxygens (including phenoxy) is 1. The van der Waals surface area contributed by atoms with Crippen LogP contribution in [0.1, 0.15) is 44.4 Å². The van der Waals surface area contributed by atoms with Crippen LogP contribution in [0.2, 0.25) is 0 Å². The Morgan fingerprint density at radius 1 is 1.33 bits per heavy atom. The van der Waals surface area contributed by atoms with Crippen LogP contribution in [0.3, 0.4) is 0 Å². The quantitative estimate of drug-likeness (QED) is 0.820. The molecule has 0 radical (unpaired) electrons. The van der Waals surface area contributed by atoms with E-state index in [0.717, 1.165) is 22.4 Å². The lowest BCUT2D eigenvalue weighted by Gasteiger charge is -2.25. The molecule has 0 spiro atoms. The Bertz CT molecular complexity index is 442. The molecular formula is C15H21O3-. The van der Waals surface area contributed by atoms with Crippen molar-refractivity contribution in [3.05, 3.63) is 28.8 Å². The van der Waals surface area contributed by atoms with E-state index in [9.17, 15) is 9.90 Å². The van der Waals surface area contributed by atoms with E-state index in [1.165, 1.54) is 0 Å². The van der Waals surface area contributed by atoms with Crippen molar-refractivity contribution >= 4 is 5.97 Å². The second kappa shape index (κ2) is 5.42. The Morgan fingerprint density at radius 3 is 2.39 bits per heavy atom. The fourth-order valence-corrected chi connectivity index (χ4v) is 2.01. The van der Waals surface area contributed by atoms with E-state index in [-0.39, 0.29) is 11.8 Å². The highest BCUT2D eigenvalue weighted by Gasteiger charge is 2.21. The van der Waals surface area contributed by atoms with Crippen molar-refractivity contribution in [3.8, 4) is 5.75 Å². The summed E-state index contributed by atoms with van der Waals surface area (Å²) in [5.41, 5.74) is 2.69. The molecular weight excluding hydrogens is 228 g/mol. The number of benzene rings is 1. The number of carbonyl (C=O) groups is 1. The number of carboxylic acid groups (broad SMARTS) is 1. The zero-order valence-corrected chi connectivity index (χ0v) is 11.8. The molecule has 3 heteroatoms. The fraction of sp³-hybridized carbons (Fsp3) is 0.533. The summed E-state index contributed by atoms with van der Waals surface area (Å²) in [6.45, 7) is 10.8. The zero-order valence-electron chi connectivity index (χ0n) is 11.8. The average Bonchev–Trinajstić information content (AvgIpc) is 2.19. The molecule has 0 heterocycles. The number of hydrogen-bond donors (Lipinski definition) is 0. The molecule has 0 atom stereocenters. The first kappa shape index (κ1) is 14.6. The minimum atomic E-state index is -1.06. The molecule has 0 aliphatic carbocycles. The number of carboxylic acids is 1. The first-order valence-corrected chi connectivity index (χ1v) is 6.22. The number of aryl methyl sites for hydroxylation is 1. The van der Waals surface area contributed by atoms with Crippen molar-refractivity contribution in [3.63, 3.8) is 0 Å². The highest BCUT2D eigenvalue weighted by Crippen LogP contribution is 2.35. The molecule has 0 fully saturated rings. The Hall–Kier alpha value is -1.51. The van der Waals surface area contributed by atoms with Crippen LogP contribution >= 0.6 is 0 Å². The molecule has 1 rings (SSSR count). The fourth-order valence-electron chi connectivity index (χ4n) is 2.01. The largest absolute Gasteiger partial charge is 0.550 e. The van der Waals surface area contributed by atoms with Gasteiger partial charge in [-0.3, -0.25) is 0 Å². The lowest BCUT2D eigenvalue weighted by molar-refractivity contribution is -0.304. The Morgan fingerprint density at radius 2 is 1.94 bits per heavy atom. The van der Waals surface area contributed by atoms with Gasteiger partial charge < -0.3 is 14.6 Å². The van der Waals surface area contributed by atoms with Crippen molar-refractivity contribution in [2.45, 2.75) is 46.5 Å². The third-order valence-electron chi connectivity index (χ3n) is 2.78. The van der Waals surface area contributed by atoms with E-state index in [1.807, 2.05) is 26.0 Å². The van der Waals surface area contributed by atoms with Gasteiger partial charge in [-0.15, -0.1) is 0 Å². The van der Waals surface area contributed by atoms with E-state index in [1.54, 1.807) is 0 Å². The van der Waals surface area contributed by atoms with Crippen LogP contribution in [0.25, 0.3) is 0 Å². The third kappa shape index (κ3) is 3.49. The first-order valence-electron chi connectivity index (χ1n) is 6.22. The maximum absolute atomic E-state index is 10.7. The number of aliphatic carboxylic acids is 1. The molecule has 0 saturated heterocycles. The molecule has 0 aromatic heterocycles. The van der Waals surface area contributed by atoms with Crippen molar-refractivity contribution in [2.24, 2.45) is 0 Å².